The van der Waals surface area contributed by atoms with Crippen molar-refractivity contribution in [2.24, 2.45) is 0 Å². The van der Waals surface area contributed by atoms with E-state index in [1.54, 1.807) is 0 Å². The van der Waals surface area contributed by atoms with E-state index in [9.17, 15) is 0 Å². The molecule has 4 heteroatoms. The summed E-state index contributed by atoms with van der Waals surface area (Å²) in [6.07, 6.45) is 7.17. The molecule has 0 aliphatic carbocycles. The summed E-state index contributed by atoms with van der Waals surface area (Å²) >= 11 is 3.53. The molecule has 2 bridgehead atoms. The van der Waals surface area contributed by atoms with Crippen molar-refractivity contribution < 1.29 is 0 Å². The number of hydrogen-bond acceptors (Lipinski definition) is 3. The summed E-state index contributed by atoms with van der Waals surface area (Å²) in [5.74, 6) is 1.13. The Morgan fingerprint density at radius 1 is 1.37 bits per heavy atom. The molecule has 1 aromatic rings. The smallest absolute Gasteiger partial charge is 0.129 e. The molecular formula is C15H22BrN3. The lowest BCUT2D eigenvalue weighted by molar-refractivity contribution is 0.348. The molecule has 3 nitrogen and oxygen atoms in total. The topological polar surface area (TPSA) is 28.2 Å². The average molecular weight is 324 g/mol. The molecule has 2 aliphatic heterocycles. The van der Waals surface area contributed by atoms with Crippen LogP contribution in [0.2, 0.25) is 0 Å². The van der Waals surface area contributed by atoms with Gasteiger partial charge in [0.15, 0.2) is 0 Å². The largest absolute Gasteiger partial charge is 0.354 e. The fraction of sp³-hybridized carbons (Fsp3) is 0.667. The molecular weight excluding hydrogens is 302 g/mol. The van der Waals surface area contributed by atoms with Gasteiger partial charge in [0.25, 0.3) is 0 Å². The Labute approximate surface area is 123 Å². The van der Waals surface area contributed by atoms with E-state index in [-0.39, 0.29) is 0 Å². The van der Waals surface area contributed by atoms with Crippen LogP contribution in [0.1, 0.15) is 38.2 Å². The molecule has 2 unspecified atom stereocenters. The fourth-order valence-electron chi connectivity index (χ4n) is 3.57. The number of nitrogens with one attached hydrogen (secondary N) is 1. The monoisotopic (exact) mass is 323 g/mol. The maximum Gasteiger partial charge on any atom is 0.129 e. The Hall–Kier alpha value is -0.610. The molecule has 2 fully saturated rings. The first-order chi connectivity index (χ1) is 9.17. The van der Waals surface area contributed by atoms with Gasteiger partial charge in [0.05, 0.1) is 0 Å². The normalized spacial score (nSPS) is 29.5. The molecule has 19 heavy (non-hydrogen) atoms. The number of nitrogens with zero attached hydrogens (tertiary/aromatic N) is 2. The third-order valence-corrected chi connectivity index (χ3v) is 5.39. The molecule has 0 saturated carbocycles. The van der Waals surface area contributed by atoms with Crippen LogP contribution in [-0.4, -0.2) is 29.7 Å². The Morgan fingerprint density at radius 2 is 2.05 bits per heavy atom. The van der Waals surface area contributed by atoms with Gasteiger partial charge in [-0.05, 0) is 67.1 Å². The van der Waals surface area contributed by atoms with Crippen LogP contribution in [0, 0.1) is 6.92 Å². The zero-order valence-corrected chi connectivity index (χ0v) is 13.3. The highest BCUT2D eigenvalue weighted by Crippen LogP contribution is 2.32. The minimum atomic E-state index is 0.650. The van der Waals surface area contributed by atoms with Gasteiger partial charge in [-0.1, -0.05) is 0 Å². The zero-order valence-electron chi connectivity index (χ0n) is 11.7. The van der Waals surface area contributed by atoms with Gasteiger partial charge < -0.3 is 10.2 Å². The van der Waals surface area contributed by atoms with E-state index < -0.39 is 0 Å². The van der Waals surface area contributed by atoms with Crippen LogP contribution < -0.4 is 10.2 Å². The molecule has 2 atom stereocenters. The molecule has 0 spiro atoms. The van der Waals surface area contributed by atoms with Gasteiger partial charge >= 0.3 is 0 Å². The summed E-state index contributed by atoms with van der Waals surface area (Å²) in [5.41, 5.74) is 1.26. The number of pyridine rings is 1. The Balaban J connectivity index is 1.81. The summed E-state index contributed by atoms with van der Waals surface area (Å²) in [5, 5.41) is 3.72. The van der Waals surface area contributed by atoms with Crippen LogP contribution in [0.5, 0.6) is 0 Å². The molecule has 2 saturated heterocycles. The second kappa shape index (κ2) is 5.41. The number of anilines is 1. The highest BCUT2D eigenvalue weighted by Gasteiger charge is 2.36. The van der Waals surface area contributed by atoms with Gasteiger partial charge in [-0.3, -0.25) is 0 Å². The van der Waals surface area contributed by atoms with Crippen molar-refractivity contribution in [2.45, 2.75) is 57.7 Å². The number of aryl methyl sites for hydroxylation is 1. The molecule has 0 amide bonds. The molecule has 0 radical (unpaired) electrons. The summed E-state index contributed by atoms with van der Waals surface area (Å²) in [6, 6.07) is 4.32. The number of halogens is 1. The zero-order chi connectivity index (χ0) is 13.4. The van der Waals surface area contributed by atoms with Crippen molar-refractivity contribution in [2.75, 3.05) is 11.4 Å². The van der Waals surface area contributed by atoms with Crippen LogP contribution in [-0.2, 0) is 0 Å². The molecule has 3 rings (SSSR count). The van der Waals surface area contributed by atoms with E-state index in [0.29, 0.717) is 6.04 Å². The number of aromatic nitrogens is 1. The third kappa shape index (κ3) is 2.65. The second-order valence-electron chi connectivity index (χ2n) is 5.84. The van der Waals surface area contributed by atoms with E-state index in [2.05, 4.69) is 51.0 Å². The molecule has 104 valence electrons. The van der Waals surface area contributed by atoms with Crippen LogP contribution in [0.15, 0.2) is 16.7 Å². The minimum absolute atomic E-state index is 0.650. The van der Waals surface area contributed by atoms with Crippen molar-refractivity contribution in [3.63, 3.8) is 0 Å². The van der Waals surface area contributed by atoms with Gasteiger partial charge in [-0.2, -0.15) is 0 Å². The average Bonchev–Trinajstić information content (AvgIpc) is 2.74. The Kier molecular flexibility index (Phi) is 3.81. The first-order valence-corrected chi connectivity index (χ1v) is 8.11. The standard InChI is InChI=1S/C15H22BrN3/c1-3-19(15-6-10(2)14(16)9-17-15)13-7-11-4-5-12(8-13)18-11/h6,9,11-13,18H,3-5,7-8H2,1-2H3. The summed E-state index contributed by atoms with van der Waals surface area (Å²) < 4.78 is 1.10. The number of fused-ring (bicyclic) bond motifs is 2. The van der Waals surface area contributed by atoms with Gasteiger partial charge in [0.2, 0.25) is 0 Å². The summed E-state index contributed by atoms with van der Waals surface area (Å²) in [6.45, 7) is 5.41. The van der Waals surface area contributed by atoms with Gasteiger partial charge in [0.1, 0.15) is 5.82 Å². The van der Waals surface area contributed by atoms with Crippen LogP contribution >= 0.6 is 15.9 Å². The number of piperidine rings is 1. The highest BCUT2D eigenvalue weighted by atomic mass is 79.9. The predicted octanol–water partition coefficient (Wildman–Crippen LogP) is 3.26. The number of hydrogen-bond donors (Lipinski definition) is 1. The lowest BCUT2D eigenvalue weighted by Crippen LogP contribution is -2.48. The van der Waals surface area contributed by atoms with Crippen LogP contribution in [0.3, 0.4) is 0 Å². The van der Waals surface area contributed by atoms with Crippen molar-refractivity contribution >= 4 is 21.7 Å². The fourth-order valence-corrected chi connectivity index (χ4v) is 3.79. The number of rotatable bonds is 3. The summed E-state index contributed by atoms with van der Waals surface area (Å²) in [4.78, 5) is 7.11. The quantitative estimate of drug-likeness (QED) is 0.925. The molecule has 1 N–H and O–H groups in total. The third-order valence-electron chi connectivity index (χ3n) is 4.56. The Bertz CT molecular complexity index is 451. The molecule has 0 aromatic carbocycles. The Morgan fingerprint density at radius 3 is 2.63 bits per heavy atom. The SMILES string of the molecule is CCN(c1cc(C)c(Br)cn1)C1CC2CCC(C1)N2. The van der Waals surface area contributed by atoms with Crippen LogP contribution in [0.25, 0.3) is 0 Å². The lowest BCUT2D eigenvalue weighted by atomic mass is 9.98. The lowest BCUT2D eigenvalue weighted by Gasteiger charge is -2.38. The van der Waals surface area contributed by atoms with E-state index in [1.165, 1.54) is 31.2 Å². The first kappa shape index (κ1) is 13.4. The van der Waals surface area contributed by atoms with Crippen molar-refractivity contribution in [1.82, 2.24) is 10.3 Å². The maximum atomic E-state index is 4.61. The molecule has 2 aliphatic rings. The van der Waals surface area contributed by atoms with E-state index >= 15 is 0 Å². The summed E-state index contributed by atoms with van der Waals surface area (Å²) in [7, 11) is 0. The van der Waals surface area contributed by atoms with E-state index in [4.69, 9.17) is 0 Å². The van der Waals surface area contributed by atoms with E-state index in [1.807, 2.05) is 6.20 Å². The van der Waals surface area contributed by atoms with Crippen LogP contribution in [0.4, 0.5) is 5.82 Å². The minimum Gasteiger partial charge on any atom is -0.354 e. The predicted molar refractivity (Wildman–Crippen MR) is 82.7 cm³/mol. The second-order valence-corrected chi connectivity index (χ2v) is 6.70. The van der Waals surface area contributed by atoms with Crippen molar-refractivity contribution in [1.29, 1.82) is 0 Å². The highest BCUT2D eigenvalue weighted by molar-refractivity contribution is 9.10. The maximum absolute atomic E-state index is 4.61. The van der Waals surface area contributed by atoms with Crippen molar-refractivity contribution in [3.05, 3.63) is 22.3 Å². The molecule has 3 heterocycles. The van der Waals surface area contributed by atoms with Gasteiger partial charge in [0, 0.05) is 35.3 Å². The molecule has 1 aromatic heterocycles. The van der Waals surface area contributed by atoms with Gasteiger partial charge in [-0.25, -0.2) is 4.98 Å². The first-order valence-electron chi connectivity index (χ1n) is 7.32. The van der Waals surface area contributed by atoms with Gasteiger partial charge in [-0.15, -0.1) is 0 Å². The van der Waals surface area contributed by atoms with Crippen molar-refractivity contribution in [3.8, 4) is 0 Å². The van der Waals surface area contributed by atoms with E-state index in [0.717, 1.165) is 28.9 Å².